The number of nitrogens with one attached hydrogen (secondary N) is 1. The lowest BCUT2D eigenvalue weighted by Gasteiger charge is -2.24. The van der Waals surface area contributed by atoms with Crippen LogP contribution in [0.15, 0.2) is 48.5 Å². The number of carbonyl (C=O) groups is 1. The van der Waals surface area contributed by atoms with E-state index in [-0.39, 0.29) is 30.6 Å². The lowest BCUT2D eigenvalue weighted by molar-refractivity contribution is -0.122. The van der Waals surface area contributed by atoms with Crippen molar-refractivity contribution in [3.63, 3.8) is 0 Å². The van der Waals surface area contributed by atoms with Gasteiger partial charge in [-0.25, -0.2) is 8.78 Å². The fraction of sp³-hybridized carbons (Fsp3) is 0.316. The Morgan fingerprint density at radius 1 is 1.17 bits per heavy atom. The van der Waals surface area contributed by atoms with E-state index < -0.39 is 11.4 Å². The largest absolute Gasteiger partial charge is 0.384 e. The van der Waals surface area contributed by atoms with Crippen molar-refractivity contribution in [3.8, 4) is 0 Å². The number of amides is 1. The first kappa shape index (κ1) is 18.1. The molecule has 2 N–H and O–H groups in total. The molecule has 2 rings (SSSR count). The highest BCUT2D eigenvalue weighted by Crippen LogP contribution is 2.23. The molecule has 0 aromatic heterocycles. The Bertz CT molecular complexity index is 699. The van der Waals surface area contributed by atoms with E-state index in [0.717, 1.165) is 0 Å². The Morgan fingerprint density at radius 3 is 2.42 bits per heavy atom. The predicted octanol–water partition coefficient (Wildman–Crippen LogP) is 3.48. The fourth-order valence-corrected chi connectivity index (χ4v) is 2.52. The molecule has 0 aliphatic rings. The van der Waals surface area contributed by atoms with E-state index in [0.29, 0.717) is 11.1 Å². The van der Waals surface area contributed by atoms with Gasteiger partial charge in [-0.05, 0) is 42.2 Å². The van der Waals surface area contributed by atoms with Gasteiger partial charge in [0.15, 0.2) is 0 Å². The lowest BCUT2D eigenvalue weighted by atomic mass is 9.95. The topological polar surface area (TPSA) is 49.3 Å². The number of hydrogen-bond acceptors (Lipinski definition) is 2. The van der Waals surface area contributed by atoms with Crippen molar-refractivity contribution in [1.29, 1.82) is 0 Å². The van der Waals surface area contributed by atoms with E-state index in [9.17, 15) is 18.7 Å². The second-order valence-electron chi connectivity index (χ2n) is 6.18. The summed E-state index contributed by atoms with van der Waals surface area (Å²) in [6.45, 7) is 3.30. The first-order valence-electron chi connectivity index (χ1n) is 7.79. The Kier molecular flexibility index (Phi) is 5.67. The van der Waals surface area contributed by atoms with Crippen LogP contribution in [0.4, 0.5) is 8.78 Å². The molecule has 2 aromatic carbocycles. The molecule has 0 bridgehead atoms. The van der Waals surface area contributed by atoms with Crippen LogP contribution in [0.25, 0.3) is 0 Å². The summed E-state index contributed by atoms with van der Waals surface area (Å²) in [4.78, 5) is 12.1. The molecule has 0 aliphatic carbocycles. The average Bonchev–Trinajstić information content (AvgIpc) is 2.54. The summed E-state index contributed by atoms with van der Waals surface area (Å²) in [5.74, 6) is -1.29. The molecular formula is C19H21F2NO2. The van der Waals surface area contributed by atoms with E-state index >= 15 is 0 Å². The number of aliphatic hydroxyl groups is 1. The molecule has 0 fully saturated rings. The summed E-state index contributed by atoms with van der Waals surface area (Å²) < 4.78 is 26.7. The molecule has 2 atom stereocenters. The Morgan fingerprint density at radius 2 is 1.79 bits per heavy atom. The summed E-state index contributed by atoms with van der Waals surface area (Å²) >= 11 is 0. The predicted molar refractivity (Wildman–Crippen MR) is 88.4 cm³/mol. The molecule has 0 heterocycles. The van der Waals surface area contributed by atoms with E-state index in [1.165, 1.54) is 30.3 Å². The number of carbonyl (C=O) groups excluding carboxylic acids is 1. The molecule has 3 nitrogen and oxygen atoms in total. The molecule has 0 spiro atoms. The van der Waals surface area contributed by atoms with Gasteiger partial charge in [0.1, 0.15) is 17.2 Å². The van der Waals surface area contributed by atoms with Gasteiger partial charge in [0.25, 0.3) is 0 Å². The zero-order chi connectivity index (χ0) is 17.7. The highest BCUT2D eigenvalue weighted by atomic mass is 19.1. The minimum absolute atomic E-state index is 0.0124. The van der Waals surface area contributed by atoms with Crippen LogP contribution in [-0.4, -0.2) is 17.6 Å². The number of rotatable bonds is 6. The molecule has 0 saturated heterocycles. The summed E-state index contributed by atoms with van der Waals surface area (Å²) in [6, 6.07) is 11.8. The highest BCUT2D eigenvalue weighted by molar-refractivity contribution is 5.77. The van der Waals surface area contributed by atoms with Crippen LogP contribution in [0.3, 0.4) is 0 Å². The SMILES string of the molecule is CC(CC(=O)NCC(C)(O)c1ccc(F)cc1)c1ccccc1F. The molecule has 0 aliphatic heterocycles. The molecule has 2 unspecified atom stereocenters. The van der Waals surface area contributed by atoms with Crippen molar-refractivity contribution in [2.75, 3.05) is 6.54 Å². The molecule has 2 aromatic rings. The Hall–Kier alpha value is -2.27. The monoisotopic (exact) mass is 333 g/mol. The molecule has 0 saturated carbocycles. The van der Waals surface area contributed by atoms with Gasteiger partial charge in [-0.3, -0.25) is 4.79 Å². The van der Waals surface area contributed by atoms with Crippen molar-refractivity contribution in [2.45, 2.75) is 31.8 Å². The third-order valence-electron chi connectivity index (χ3n) is 4.02. The molecule has 5 heteroatoms. The quantitative estimate of drug-likeness (QED) is 0.850. The van der Waals surface area contributed by atoms with Crippen molar-refractivity contribution in [2.24, 2.45) is 0 Å². The van der Waals surface area contributed by atoms with E-state index in [2.05, 4.69) is 5.32 Å². The Labute approximate surface area is 140 Å². The van der Waals surface area contributed by atoms with E-state index in [1.54, 1.807) is 32.0 Å². The van der Waals surface area contributed by atoms with Gasteiger partial charge >= 0.3 is 0 Å². The fourth-order valence-electron chi connectivity index (χ4n) is 2.52. The number of halogens is 2. The second-order valence-corrected chi connectivity index (χ2v) is 6.18. The summed E-state index contributed by atoms with van der Waals surface area (Å²) in [5.41, 5.74) is -0.325. The van der Waals surface area contributed by atoms with E-state index in [4.69, 9.17) is 0 Å². The number of benzene rings is 2. The minimum Gasteiger partial charge on any atom is -0.384 e. The van der Waals surface area contributed by atoms with Gasteiger partial charge in [-0.15, -0.1) is 0 Å². The molecule has 24 heavy (non-hydrogen) atoms. The summed E-state index contributed by atoms with van der Waals surface area (Å²) in [6.07, 6.45) is 0.112. The maximum Gasteiger partial charge on any atom is 0.220 e. The average molecular weight is 333 g/mol. The van der Waals surface area contributed by atoms with Crippen LogP contribution in [0.5, 0.6) is 0 Å². The zero-order valence-corrected chi connectivity index (χ0v) is 13.7. The Balaban J connectivity index is 1.93. The maximum absolute atomic E-state index is 13.7. The van der Waals surface area contributed by atoms with Crippen LogP contribution in [0, 0.1) is 11.6 Å². The van der Waals surface area contributed by atoms with E-state index in [1.807, 2.05) is 0 Å². The van der Waals surface area contributed by atoms with Crippen molar-refractivity contribution >= 4 is 5.91 Å². The zero-order valence-electron chi connectivity index (χ0n) is 13.7. The van der Waals surface area contributed by atoms with Crippen LogP contribution in [0.2, 0.25) is 0 Å². The third kappa shape index (κ3) is 4.61. The van der Waals surface area contributed by atoms with Gasteiger partial charge in [-0.2, -0.15) is 0 Å². The van der Waals surface area contributed by atoms with Crippen molar-refractivity contribution in [1.82, 2.24) is 5.32 Å². The van der Waals surface area contributed by atoms with Gasteiger partial charge < -0.3 is 10.4 Å². The standard InChI is InChI=1S/C19H21F2NO2/c1-13(16-5-3-4-6-17(16)21)11-18(23)22-12-19(2,24)14-7-9-15(20)10-8-14/h3-10,13,24H,11-12H2,1-2H3,(H,22,23). The maximum atomic E-state index is 13.7. The lowest BCUT2D eigenvalue weighted by Crippen LogP contribution is -2.39. The summed E-state index contributed by atoms with van der Waals surface area (Å²) in [7, 11) is 0. The van der Waals surface area contributed by atoms with Crippen molar-refractivity contribution in [3.05, 3.63) is 71.3 Å². The van der Waals surface area contributed by atoms with Crippen LogP contribution in [0.1, 0.15) is 37.3 Å². The van der Waals surface area contributed by atoms with Gasteiger partial charge in [0.2, 0.25) is 5.91 Å². The molecule has 1 amide bonds. The first-order valence-corrected chi connectivity index (χ1v) is 7.79. The van der Waals surface area contributed by atoms with Crippen LogP contribution < -0.4 is 5.32 Å². The first-order chi connectivity index (χ1) is 11.3. The molecule has 128 valence electrons. The normalized spacial score (nSPS) is 14.7. The van der Waals surface area contributed by atoms with Gasteiger partial charge in [-0.1, -0.05) is 37.3 Å². The smallest absolute Gasteiger partial charge is 0.220 e. The molecular weight excluding hydrogens is 312 g/mol. The number of hydrogen-bond donors (Lipinski definition) is 2. The van der Waals surface area contributed by atoms with Crippen molar-refractivity contribution < 1.29 is 18.7 Å². The minimum atomic E-state index is -1.31. The molecule has 0 radical (unpaired) electrons. The van der Waals surface area contributed by atoms with Crippen LogP contribution in [-0.2, 0) is 10.4 Å². The van der Waals surface area contributed by atoms with Gasteiger partial charge in [0, 0.05) is 6.42 Å². The van der Waals surface area contributed by atoms with Crippen LogP contribution >= 0.6 is 0 Å². The third-order valence-corrected chi connectivity index (χ3v) is 4.02. The summed E-state index contributed by atoms with van der Waals surface area (Å²) in [5, 5.41) is 13.1. The highest BCUT2D eigenvalue weighted by Gasteiger charge is 2.24. The second kappa shape index (κ2) is 7.53. The van der Waals surface area contributed by atoms with Gasteiger partial charge in [0.05, 0.1) is 6.54 Å².